The zero-order valence-electron chi connectivity index (χ0n) is 13.3. The fraction of sp³-hybridized carbons (Fsp3) is 0.200. The van der Waals surface area contributed by atoms with Crippen LogP contribution in [-0.4, -0.2) is 0 Å². The van der Waals surface area contributed by atoms with Gasteiger partial charge in [0.15, 0.2) is 31.3 Å². The van der Waals surface area contributed by atoms with Gasteiger partial charge in [-0.25, -0.2) is 9.13 Å². The molecule has 2 heterocycles. The van der Waals surface area contributed by atoms with Gasteiger partial charge in [0.25, 0.3) is 0 Å². The first-order valence-corrected chi connectivity index (χ1v) is 9.03. The monoisotopic (exact) mass is 368 g/mol. The first-order chi connectivity index (χ1) is 11.3. The summed E-state index contributed by atoms with van der Waals surface area (Å²) in [4.78, 5) is 0. The number of halogens is 1. The Labute approximate surface area is 146 Å². The molecule has 3 aromatic rings. The van der Waals surface area contributed by atoms with Gasteiger partial charge in [-0.1, -0.05) is 40.2 Å². The highest BCUT2D eigenvalue weighted by Crippen LogP contribution is 2.15. The van der Waals surface area contributed by atoms with Gasteiger partial charge in [0.1, 0.15) is 6.54 Å². The molecule has 0 amide bonds. The normalized spacial score (nSPS) is 10.7. The van der Waals surface area contributed by atoms with Crippen molar-refractivity contribution in [3.63, 3.8) is 0 Å². The summed E-state index contributed by atoms with van der Waals surface area (Å²) >= 11 is 3.48. The molecule has 0 N–H and O–H groups in total. The van der Waals surface area contributed by atoms with Gasteiger partial charge in [0.2, 0.25) is 0 Å². The third-order valence-corrected chi connectivity index (χ3v) is 4.67. The standard InChI is InChI=1S/C20H21BrN2/c1-2-22-11-7-19(8-12-22)20-9-13-23(14-10-20)16-18-5-3-17(15-21)4-6-18/h3-14H,2,15-16H2,1H3/q+2. The number of alkyl halides is 1. The zero-order valence-corrected chi connectivity index (χ0v) is 14.9. The largest absolute Gasteiger partial charge is 0.205 e. The molecular weight excluding hydrogens is 348 g/mol. The van der Waals surface area contributed by atoms with Crippen molar-refractivity contribution in [1.29, 1.82) is 0 Å². The number of rotatable bonds is 5. The molecule has 23 heavy (non-hydrogen) atoms. The van der Waals surface area contributed by atoms with Crippen molar-refractivity contribution in [2.45, 2.75) is 25.3 Å². The van der Waals surface area contributed by atoms with Crippen molar-refractivity contribution in [1.82, 2.24) is 0 Å². The summed E-state index contributed by atoms with van der Waals surface area (Å²) in [6.07, 6.45) is 8.55. The summed E-state index contributed by atoms with van der Waals surface area (Å²) in [5.41, 5.74) is 5.13. The SMILES string of the molecule is CC[n+]1ccc(-c2cc[n+](Cc3ccc(CBr)cc3)cc2)cc1. The van der Waals surface area contributed by atoms with E-state index in [2.05, 4.69) is 105 Å². The Hall–Kier alpha value is -2.00. The topological polar surface area (TPSA) is 7.76 Å². The molecular formula is C20H21BrN2+2. The predicted octanol–water partition coefficient (Wildman–Crippen LogP) is 3.89. The van der Waals surface area contributed by atoms with E-state index in [-0.39, 0.29) is 0 Å². The lowest BCUT2D eigenvalue weighted by Gasteiger charge is -2.02. The first-order valence-electron chi connectivity index (χ1n) is 7.91. The van der Waals surface area contributed by atoms with E-state index >= 15 is 0 Å². The Morgan fingerprint density at radius 2 is 1.17 bits per heavy atom. The minimum absolute atomic E-state index is 0.896. The second-order valence-corrected chi connectivity index (χ2v) is 6.19. The molecule has 1 aromatic carbocycles. The van der Waals surface area contributed by atoms with Crippen molar-refractivity contribution >= 4 is 15.9 Å². The summed E-state index contributed by atoms with van der Waals surface area (Å²) in [7, 11) is 0. The van der Waals surface area contributed by atoms with E-state index in [1.165, 1.54) is 22.3 Å². The van der Waals surface area contributed by atoms with Gasteiger partial charge in [-0.2, -0.15) is 0 Å². The molecule has 0 fully saturated rings. The van der Waals surface area contributed by atoms with E-state index < -0.39 is 0 Å². The minimum atomic E-state index is 0.896. The summed E-state index contributed by atoms with van der Waals surface area (Å²) in [5, 5.41) is 0.907. The lowest BCUT2D eigenvalue weighted by molar-refractivity contribution is -0.693. The van der Waals surface area contributed by atoms with Gasteiger partial charge in [0.05, 0.1) is 0 Å². The number of pyridine rings is 2. The van der Waals surface area contributed by atoms with E-state index in [1.54, 1.807) is 0 Å². The van der Waals surface area contributed by atoms with Crippen molar-refractivity contribution in [2.24, 2.45) is 0 Å². The Bertz CT molecular complexity index is 747. The van der Waals surface area contributed by atoms with E-state index in [1.807, 2.05) is 0 Å². The second kappa shape index (κ2) is 7.51. The minimum Gasteiger partial charge on any atom is -0.205 e. The average Bonchev–Trinajstić information content (AvgIpc) is 2.63. The van der Waals surface area contributed by atoms with Gasteiger partial charge >= 0.3 is 0 Å². The molecule has 0 saturated carbocycles. The molecule has 0 radical (unpaired) electrons. The molecule has 0 atom stereocenters. The van der Waals surface area contributed by atoms with E-state index in [9.17, 15) is 0 Å². The summed E-state index contributed by atoms with van der Waals surface area (Å²) in [5.74, 6) is 0. The fourth-order valence-corrected chi connectivity index (χ4v) is 2.93. The zero-order chi connectivity index (χ0) is 16.1. The van der Waals surface area contributed by atoms with Crippen LogP contribution in [0.1, 0.15) is 18.1 Å². The number of aromatic nitrogens is 2. The molecule has 3 heteroatoms. The van der Waals surface area contributed by atoms with Gasteiger partial charge < -0.3 is 0 Å². The second-order valence-electron chi connectivity index (χ2n) is 5.63. The maximum atomic E-state index is 3.48. The quantitative estimate of drug-likeness (QED) is 0.476. The Morgan fingerprint density at radius 1 is 0.696 bits per heavy atom. The molecule has 0 spiro atoms. The van der Waals surface area contributed by atoms with Gasteiger partial charge in [0, 0.05) is 35.2 Å². The van der Waals surface area contributed by atoms with Crippen LogP contribution in [0.5, 0.6) is 0 Å². The number of hydrogen-bond acceptors (Lipinski definition) is 0. The Balaban J connectivity index is 1.72. The van der Waals surface area contributed by atoms with Crippen LogP contribution in [0, 0.1) is 0 Å². The molecule has 116 valence electrons. The molecule has 3 rings (SSSR count). The summed E-state index contributed by atoms with van der Waals surface area (Å²) in [6, 6.07) is 17.4. The highest BCUT2D eigenvalue weighted by molar-refractivity contribution is 9.08. The summed E-state index contributed by atoms with van der Waals surface area (Å²) in [6.45, 7) is 4.05. The molecule has 0 saturated heterocycles. The number of aryl methyl sites for hydroxylation is 1. The van der Waals surface area contributed by atoms with Crippen molar-refractivity contribution in [2.75, 3.05) is 0 Å². The number of nitrogens with zero attached hydrogens (tertiary/aromatic N) is 2. The number of hydrogen-bond donors (Lipinski definition) is 0. The van der Waals surface area contributed by atoms with Crippen LogP contribution in [0.3, 0.4) is 0 Å². The van der Waals surface area contributed by atoms with Gasteiger partial charge in [-0.3, -0.25) is 0 Å². The average molecular weight is 369 g/mol. The maximum absolute atomic E-state index is 3.48. The fourth-order valence-electron chi connectivity index (χ4n) is 2.56. The van der Waals surface area contributed by atoms with Crippen LogP contribution in [0.4, 0.5) is 0 Å². The molecule has 0 bridgehead atoms. The predicted molar refractivity (Wildman–Crippen MR) is 96.1 cm³/mol. The van der Waals surface area contributed by atoms with E-state index in [0.717, 1.165) is 18.4 Å². The van der Waals surface area contributed by atoms with Crippen molar-refractivity contribution in [3.05, 3.63) is 84.4 Å². The summed E-state index contributed by atoms with van der Waals surface area (Å²) < 4.78 is 4.38. The van der Waals surface area contributed by atoms with Crippen molar-refractivity contribution < 1.29 is 9.13 Å². The lowest BCUT2D eigenvalue weighted by Crippen LogP contribution is -2.33. The van der Waals surface area contributed by atoms with E-state index in [0.29, 0.717) is 0 Å². The third kappa shape index (κ3) is 4.05. The van der Waals surface area contributed by atoms with Crippen molar-refractivity contribution in [3.8, 4) is 11.1 Å². The van der Waals surface area contributed by atoms with Crippen LogP contribution >= 0.6 is 15.9 Å². The Kier molecular flexibility index (Phi) is 5.19. The van der Waals surface area contributed by atoms with Crippen LogP contribution in [0.25, 0.3) is 11.1 Å². The maximum Gasteiger partial charge on any atom is 0.173 e. The molecule has 0 aliphatic rings. The van der Waals surface area contributed by atoms with Gasteiger partial charge in [-0.15, -0.1) is 0 Å². The molecule has 0 aliphatic heterocycles. The van der Waals surface area contributed by atoms with Crippen LogP contribution in [0.2, 0.25) is 0 Å². The van der Waals surface area contributed by atoms with E-state index in [4.69, 9.17) is 0 Å². The van der Waals surface area contributed by atoms with Crippen LogP contribution < -0.4 is 9.13 Å². The molecule has 0 unspecified atom stereocenters. The highest BCUT2D eigenvalue weighted by atomic mass is 79.9. The van der Waals surface area contributed by atoms with Crippen LogP contribution in [0.15, 0.2) is 73.3 Å². The third-order valence-electron chi connectivity index (χ3n) is 4.02. The molecule has 2 nitrogen and oxygen atoms in total. The lowest BCUT2D eigenvalue weighted by atomic mass is 10.1. The van der Waals surface area contributed by atoms with Crippen LogP contribution in [-0.2, 0) is 18.4 Å². The molecule has 2 aromatic heterocycles. The molecule has 0 aliphatic carbocycles. The highest BCUT2D eigenvalue weighted by Gasteiger charge is 2.06. The Morgan fingerprint density at radius 3 is 1.65 bits per heavy atom. The smallest absolute Gasteiger partial charge is 0.173 e. The first kappa shape index (κ1) is 15.9. The van der Waals surface area contributed by atoms with Gasteiger partial charge in [-0.05, 0) is 23.6 Å². The number of benzene rings is 1.